The van der Waals surface area contributed by atoms with Crippen LogP contribution in [-0.4, -0.2) is 29.0 Å². The molecule has 1 fully saturated rings. The number of hydrogen-bond acceptors (Lipinski definition) is 3. The second-order valence-corrected chi connectivity index (χ2v) is 6.04. The highest BCUT2D eigenvalue weighted by molar-refractivity contribution is 5.76. The monoisotopic (exact) mass is 326 g/mol. The van der Waals surface area contributed by atoms with Gasteiger partial charge < -0.3 is 14.2 Å². The second-order valence-electron chi connectivity index (χ2n) is 6.04. The Labute approximate surface area is 141 Å². The number of ether oxygens (including phenoxy) is 1. The number of rotatable bonds is 4. The number of methoxy groups -OCH3 is 1. The van der Waals surface area contributed by atoms with Gasteiger partial charge in [-0.15, -0.1) is 0 Å². The van der Waals surface area contributed by atoms with Crippen molar-refractivity contribution in [3.63, 3.8) is 0 Å². The first-order valence-corrected chi connectivity index (χ1v) is 8.28. The van der Waals surface area contributed by atoms with E-state index in [2.05, 4.69) is 0 Å². The van der Waals surface area contributed by atoms with Gasteiger partial charge in [-0.05, 0) is 43.0 Å². The molecule has 1 aromatic carbocycles. The zero-order valence-electron chi connectivity index (χ0n) is 13.9. The molecule has 0 aliphatic carbocycles. The molecule has 1 aliphatic rings. The maximum atomic E-state index is 12.8. The average molecular weight is 326 g/mol. The number of piperidine rings is 1. The summed E-state index contributed by atoms with van der Waals surface area (Å²) in [6, 6.07) is 12.9. The fraction of sp³-hybridized carbons (Fsp3) is 0.368. The smallest absolute Gasteiger partial charge is 0.250 e. The van der Waals surface area contributed by atoms with Crippen molar-refractivity contribution < 1.29 is 9.53 Å². The van der Waals surface area contributed by atoms with E-state index in [1.54, 1.807) is 25.4 Å². The van der Waals surface area contributed by atoms with Crippen LogP contribution in [0.2, 0.25) is 0 Å². The van der Waals surface area contributed by atoms with Crippen LogP contribution in [0.5, 0.6) is 5.75 Å². The summed E-state index contributed by atoms with van der Waals surface area (Å²) in [7, 11) is 1.64. The zero-order chi connectivity index (χ0) is 16.9. The molecule has 126 valence electrons. The summed E-state index contributed by atoms with van der Waals surface area (Å²) >= 11 is 0. The number of carbonyl (C=O) groups excluding carboxylic acids is 1. The Hall–Kier alpha value is -2.56. The van der Waals surface area contributed by atoms with Crippen LogP contribution in [0.1, 0.15) is 30.9 Å². The van der Waals surface area contributed by atoms with Crippen LogP contribution in [0, 0.1) is 0 Å². The number of benzene rings is 1. The van der Waals surface area contributed by atoms with Gasteiger partial charge in [0, 0.05) is 18.8 Å². The van der Waals surface area contributed by atoms with E-state index in [0.717, 1.165) is 37.1 Å². The first-order valence-electron chi connectivity index (χ1n) is 8.28. The molecule has 1 aliphatic heterocycles. The molecule has 1 saturated heterocycles. The maximum absolute atomic E-state index is 12.8. The fourth-order valence-electron chi connectivity index (χ4n) is 3.25. The topological polar surface area (TPSA) is 51.5 Å². The van der Waals surface area contributed by atoms with Gasteiger partial charge in [-0.2, -0.15) is 0 Å². The van der Waals surface area contributed by atoms with Crippen molar-refractivity contribution in [3.8, 4) is 5.75 Å². The Morgan fingerprint density at radius 3 is 2.88 bits per heavy atom. The van der Waals surface area contributed by atoms with Crippen molar-refractivity contribution in [2.45, 2.75) is 31.8 Å². The van der Waals surface area contributed by atoms with Crippen LogP contribution in [0.4, 0.5) is 0 Å². The van der Waals surface area contributed by atoms with E-state index in [0.29, 0.717) is 0 Å². The first kappa shape index (κ1) is 16.3. The Morgan fingerprint density at radius 1 is 1.21 bits per heavy atom. The number of likely N-dealkylation sites (tertiary alicyclic amines) is 1. The molecule has 5 nitrogen and oxygen atoms in total. The molecule has 1 aromatic heterocycles. The third-order valence-electron chi connectivity index (χ3n) is 4.51. The number of carbonyl (C=O) groups is 1. The summed E-state index contributed by atoms with van der Waals surface area (Å²) < 4.78 is 6.76. The number of aromatic nitrogens is 1. The molecule has 1 atom stereocenters. The summed E-state index contributed by atoms with van der Waals surface area (Å²) in [4.78, 5) is 26.5. The van der Waals surface area contributed by atoms with Gasteiger partial charge in [-0.25, -0.2) is 0 Å². The van der Waals surface area contributed by atoms with Gasteiger partial charge in [0.2, 0.25) is 5.91 Å². The molecule has 5 heteroatoms. The SMILES string of the molecule is COc1cccc(C2CCCCN2C(=O)Cn2ccccc2=O)c1. The van der Waals surface area contributed by atoms with Crippen LogP contribution in [-0.2, 0) is 11.3 Å². The van der Waals surface area contributed by atoms with Crippen molar-refractivity contribution >= 4 is 5.91 Å². The minimum Gasteiger partial charge on any atom is -0.497 e. The molecular weight excluding hydrogens is 304 g/mol. The molecule has 0 radical (unpaired) electrons. The Kier molecular flexibility index (Phi) is 4.99. The Bertz CT molecular complexity index is 769. The fourth-order valence-corrected chi connectivity index (χ4v) is 3.25. The molecule has 0 spiro atoms. The van der Waals surface area contributed by atoms with Crippen molar-refractivity contribution in [1.82, 2.24) is 9.47 Å². The number of nitrogens with zero attached hydrogens (tertiary/aromatic N) is 2. The lowest BCUT2D eigenvalue weighted by molar-refractivity contribution is -0.135. The molecule has 2 heterocycles. The third kappa shape index (κ3) is 3.50. The highest BCUT2D eigenvalue weighted by Gasteiger charge is 2.28. The van der Waals surface area contributed by atoms with E-state index < -0.39 is 0 Å². The molecular formula is C19H22N2O3. The summed E-state index contributed by atoms with van der Waals surface area (Å²) in [6.45, 7) is 0.808. The number of hydrogen-bond donors (Lipinski definition) is 0. The van der Waals surface area contributed by atoms with Crippen LogP contribution >= 0.6 is 0 Å². The van der Waals surface area contributed by atoms with E-state index in [4.69, 9.17) is 4.74 Å². The Balaban J connectivity index is 1.82. The standard InChI is InChI=1S/C19H22N2O3/c1-24-16-8-6-7-15(13-16)17-9-2-5-12-21(17)19(23)14-20-11-4-3-10-18(20)22/h3-4,6-8,10-11,13,17H,2,5,9,12,14H2,1H3. The molecule has 2 aromatic rings. The van der Waals surface area contributed by atoms with E-state index in [9.17, 15) is 9.59 Å². The first-order chi connectivity index (χ1) is 11.7. The van der Waals surface area contributed by atoms with Crippen molar-refractivity contribution in [2.75, 3.05) is 13.7 Å². The molecule has 0 N–H and O–H groups in total. The van der Waals surface area contributed by atoms with Gasteiger partial charge >= 0.3 is 0 Å². The summed E-state index contributed by atoms with van der Waals surface area (Å²) in [6.07, 6.45) is 4.68. The Morgan fingerprint density at radius 2 is 2.08 bits per heavy atom. The predicted octanol–water partition coefficient (Wildman–Crippen LogP) is 2.61. The third-order valence-corrected chi connectivity index (χ3v) is 4.51. The highest BCUT2D eigenvalue weighted by Crippen LogP contribution is 2.32. The second kappa shape index (κ2) is 7.34. The van der Waals surface area contributed by atoms with E-state index in [1.807, 2.05) is 29.2 Å². The lowest BCUT2D eigenvalue weighted by Crippen LogP contribution is -2.41. The molecule has 1 amide bonds. The van der Waals surface area contributed by atoms with E-state index in [1.165, 1.54) is 10.6 Å². The lowest BCUT2D eigenvalue weighted by atomic mass is 9.95. The highest BCUT2D eigenvalue weighted by atomic mass is 16.5. The maximum Gasteiger partial charge on any atom is 0.250 e. The molecule has 0 saturated carbocycles. The number of amides is 1. The normalized spacial score (nSPS) is 17.5. The largest absolute Gasteiger partial charge is 0.497 e. The molecule has 24 heavy (non-hydrogen) atoms. The van der Waals surface area contributed by atoms with Gasteiger partial charge in [-0.3, -0.25) is 9.59 Å². The molecule has 3 rings (SSSR count). The van der Waals surface area contributed by atoms with Crippen molar-refractivity contribution in [2.24, 2.45) is 0 Å². The minimum absolute atomic E-state index is 0.0178. The summed E-state index contributed by atoms with van der Waals surface area (Å²) in [5.41, 5.74) is 0.934. The van der Waals surface area contributed by atoms with E-state index >= 15 is 0 Å². The van der Waals surface area contributed by atoms with Gasteiger partial charge in [0.15, 0.2) is 0 Å². The van der Waals surface area contributed by atoms with Gasteiger partial charge in [-0.1, -0.05) is 18.2 Å². The molecule has 1 unspecified atom stereocenters. The average Bonchev–Trinajstić information content (AvgIpc) is 2.63. The zero-order valence-corrected chi connectivity index (χ0v) is 13.9. The van der Waals surface area contributed by atoms with Crippen LogP contribution in [0.3, 0.4) is 0 Å². The summed E-state index contributed by atoms with van der Waals surface area (Å²) in [5, 5.41) is 0. The van der Waals surface area contributed by atoms with Crippen molar-refractivity contribution in [3.05, 3.63) is 64.6 Å². The molecule has 0 bridgehead atoms. The van der Waals surface area contributed by atoms with Gasteiger partial charge in [0.05, 0.1) is 13.2 Å². The van der Waals surface area contributed by atoms with Gasteiger partial charge in [0.25, 0.3) is 5.56 Å². The van der Waals surface area contributed by atoms with Crippen LogP contribution < -0.4 is 10.3 Å². The predicted molar refractivity (Wildman–Crippen MR) is 92.0 cm³/mol. The minimum atomic E-state index is -0.152. The number of pyridine rings is 1. The quantitative estimate of drug-likeness (QED) is 0.868. The van der Waals surface area contributed by atoms with Crippen molar-refractivity contribution in [1.29, 1.82) is 0 Å². The summed E-state index contributed by atoms with van der Waals surface area (Å²) in [5.74, 6) is 0.778. The van der Waals surface area contributed by atoms with Gasteiger partial charge in [0.1, 0.15) is 12.3 Å². The van der Waals surface area contributed by atoms with Crippen LogP contribution in [0.15, 0.2) is 53.5 Å². The lowest BCUT2D eigenvalue weighted by Gasteiger charge is -2.36. The van der Waals surface area contributed by atoms with Crippen LogP contribution in [0.25, 0.3) is 0 Å². The van der Waals surface area contributed by atoms with E-state index in [-0.39, 0.29) is 24.1 Å².